The van der Waals surface area contributed by atoms with Crippen LogP contribution in [0.2, 0.25) is 0 Å². The van der Waals surface area contributed by atoms with Crippen LogP contribution in [0, 0.1) is 0 Å². The zero-order valence-corrected chi connectivity index (χ0v) is 42.3. The number of nitrogens with zero attached hydrogens (tertiary/aromatic N) is 7. The largest absolute Gasteiger partial charge is 0.392 e. The van der Waals surface area contributed by atoms with Crippen LogP contribution >= 0.6 is 0 Å². The van der Waals surface area contributed by atoms with Crippen LogP contribution in [0.3, 0.4) is 0 Å². The van der Waals surface area contributed by atoms with E-state index in [4.69, 9.17) is 9.47 Å². The molecular weight excluding hydrogens is 805 g/mol. The van der Waals surface area contributed by atoms with Gasteiger partial charge < -0.3 is 40.3 Å². The van der Waals surface area contributed by atoms with Gasteiger partial charge in [-0.3, -0.25) is 29.3 Å². The fourth-order valence-corrected chi connectivity index (χ4v) is 11.0. The predicted molar refractivity (Wildman–Crippen MR) is 266 cm³/mol. The minimum absolute atomic E-state index is 0. The molecule has 9 aliphatic heterocycles. The number of fused-ring (bicyclic) bond motifs is 3. The number of piperazine rings is 2. The van der Waals surface area contributed by atoms with E-state index in [0.717, 1.165) is 110 Å². The number of ketones is 1. The number of morpholine rings is 2. The van der Waals surface area contributed by atoms with Crippen molar-refractivity contribution in [2.75, 3.05) is 132 Å². The smallest absolute Gasteiger partial charge is 0.154 e. The van der Waals surface area contributed by atoms with Crippen LogP contribution in [-0.2, 0) is 14.3 Å². The van der Waals surface area contributed by atoms with Crippen LogP contribution < -0.4 is 16.0 Å². The van der Waals surface area contributed by atoms with Crippen molar-refractivity contribution in [2.45, 2.75) is 187 Å². The Kier molecular flexibility index (Phi) is 23.8. The summed E-state index contributed by atoms with van der Waals surface area (Å²) in [5, 5.41) is 20.0. The van der Waals surface area contributed by atoms with E-state index in [0.29, 0.717) is 60.3 Å². The molecule has 14 heteroatoms. The molecule has 0 aliphatic carbocycles. The molecule has 0 aromatic heterocycles. The summed E-state index contributed by atoms with van der Waals surface area (Å²) in [7, 11) is 2.19. The van der Waals surface area contributed by atoms with Crippen LogP contribution in [0.1, 0.15) is 115 Å². The number of hydrogen-bond donors (Lipinski definition) is 4. The Morgan fingerprint density at radius 1 is 0.578 bits per heavy atom. The Labute approximate surface area is 393 Å². The van der Waals surface area contributed by atoms with Crippen molar-refractivity contribution in [2.24, 2.45) is 0 Å². The molecule has 0 aromatic carbocycles. The zero-order chi connectivity index (χ0) is 45.7. The number of ether oxygens (including phenoxy) is 2. The second-order valence-electron chi connectivity index (χ2n) is 21.6. The minimum Gasteiger partial charge on any atom is -0.392 e. The van der Waals surface area contributed by atoms with Crippen LogP contribution in [0.4, 0.5) is 0 Å². The second-order valence-corrected chi connectivity index (χ2v) is 21.6. The van der Waals surface area contributed by atoms with E-state index in [1.165, 1.54) is 58.7 Å². The van der Waals surface area contributed by atoms with Gasteiger partial charge in [-0.05, 0) is 108 Å². The number of likely N-dealkylation sites (tertiary alicyclic amines) is 3. The van der Waals surface area contributed by atoms with Crippen LogP contribution in [0.25, 0.3) is 0 Å². The van der Waals surface area contributed by atoms with Gasteiger partial charge in [-0.1, -0.05) is 7.43 Å². The topological polar surface area (TPSA) is 115 Å². The molecule has 376 valence electrons. The fourth-order valence-electron chi connectivity index (χ4n) is 11.0. The maximum absolute atomic E-state index is 11.7. The normalized spacial score (nSPS) is 32.0. The molecule has 64 heavy (non-hydrogen) atoms. The summed E-state index contributed by atoms with van der Waals surface area (Å²) in [4.78, 5) is 29.1. The van der Waals surface area contributed by atoms with Gasteiger partial charge in [-0.25, -0.2) is 0 Å². The fraction of sp³-hybridized carbons (Fsp3) is 0.980. The molecule has 9 rings (SSSR count). The molecule has 0 amide bonds. The van der Waals surface area contributed by atoms with Gasteiger partial charge in [0.1, 0.15) is 0 Å². The molecule has 0 saturated carbocycles. The number of Topliss-reactive ketones (excluding diaryl/α,β-unsaturated/α-hetero) is 1. The molecule has 0 bridgehead atoms. The molecule has 1 spiro atoms. The SMILES string of the molecule is C.CC(C)N1CCC2(CC1)NCCC2=O.CC(C)N1CCN(C)CC1.CC(C)N1CCN2C[C@H](O)C[C@H]2C1.CC(C)N1CC[C@@H]2OCCN[C@H]2C1.CC(C)N1CC[C@H]2OCCN[C@@H]2C1. The van der Waals surface area contributed by atoms with E-state index in [-0.39, 0.29) is 19.1 Å². The molecule has 0 unspecified atom stereocenters. The van der Waals surface area contributed by atoms with Crippen molar-refractivity contribution >= 4 is 5.78 Å². The van der Waals surface area contributed by atoms with Gasteiger partial charge in [0.05, 0.1) is 37.1 Å². The summed E-state index contributed by atoms with van der Waals surface area (Å²) < 4.78 is 11.4. The molecule has 0 radical (unpaired) electrons. The van der Waals surface area contributed by atoms with Crippen molar-refractivity contribution in [3.63, 3.8) is 0 Å². The first-order valence-electron chi connectivity index (χ1n) is 25.8. The number of rotatable bonds is 5. The third-order valence-electron chi connectivity index (χ3n) is 15.7. The predicted octanol–water partition coefficient (Wildman–Crippen LogP) is 3.13. The van der Waals surface area contributed by atoms with E-state index in [2.05, 4.69) is 127 Å². The molecule has 14 nitrogen and oxygen atoms in total. The van der Waals surface area contributed by atoms with Crippen molar-refractivity contribution < 1.29 is 19.4 Å². The highest BCUT2D eigenvalue weighted by Gasteiger charge is 2.44. The van der Waals surface area contributed by atoms with Crippen LogP contribution in [-0.4, -0.2) is 249 Å². The highest BCUT2D eigenvalue weighted by molar-refractivity contribution is 5.90. The lowest BCUT2D eigenvalue weighted by Crippen LogP contribution is -2.59. The molecular formula is C50H102N10O4. The Morgan fingerprint density at radius 3 is 1.48 bits per heavy atom. The Bertz CT molecular complexity index is 1220. The van der Waals surface area contributed by atoms with Crippen molar-refractivity contribution in [1.29, 1.82) is 0 Å². The van der Waals surface area contributed by atoms with E-state index >= 15 is 0 Å². The number of hydrogen-bond acceptors (Lipinski definition) is 14. The number of carbonyl (C=O) groups is 1. The summed E-state index contributed by atoms with van der Waals surface area (Å²) in [6, 6.07) is 5.10. The maximum Gasteiger partial charge on any atom is 0.154 e. The van der Waals surface area contributed by atoms with Gasteiger partial charge >= 0.3 is 0 Å². The second kappa shape index (κ2) is 27.4. The first kappa shape index (κ1) is 55.7. The highest BCUT2D eigenvalue weighted by Crippen LogP contribution is 2.29. The Hall–Kier alpha value is -0.850. The van der Waals surface area contributed by atoms with Crippen molar-refractivity contribution in [3.05, 3.63) is 0 Å². The average molecular weight is 907 g/mol. The summed E-state index contributed by atoms with van der Waals surface area (Å²) >= 11 is 0. The number of piperidine rings is 3. The minimum atomic E-state index is -0.134. The molecule has 9 heterocycles. The standard InChI is InChI=1S/C11H20N2O.3C10H20N2O.C8H18N2.CH4/c1-9(2)13-7-4-11(5-8-13)10(14)3-6-12-11;2*1-8(2)12-5-3-10-9(7-12)11-4-6-13-10;1-8(2)11-3-4-12-7-10(13)5-9(12)6-11;1-8(2)10-6-4-9(3)5-7-10;/h9,12H,3-8H2,1-2H3;2*8-11H,3-7H2,1-2H3;8-10,13H,3-7H2,1-2H3;8H,4-7H2,1-3H3;1H4/t;2*9-,10-;9-,10+;;/m.100../s1. The van der Waals surface area contributed by atoms with Crippen molar-refractivity contribution in [1.82, 2.24) is 50.2 Å². The molecule has 9 aliphatic rings. The molecule has 9 fully saturated rings. The lowest BCUT2D eigenvalue weighted by atomic mass is 9.85. The highest BCUT2D eigenvalue weighted by atomic mass is 16.5. The maximum atomic E-state index is 11.7. The van der Waals surface area contributed by atoms with E-state index in [1.54, 1.807) is 0 Å². The lowest BCUT2D eigenvalue weighted by Gasteiger charge is -2.43. The van der Waals surface area contributed by atoms with Gasteiger partial charge in [-0.2, -0.15) is 0 Å². The Balaban J connectivity index is 0.000000175. The molecule has 0 aromatic rings. The summed E-state index contributed by atoms with van der Waals surface area (Å²) in [6.07, 6.45) is 6.98. The van der Waals surface area contributed by atoms with Gasteiger partial charge in [0.2, 0.25) is 0 Å². The average Bonchev–Trinajstić information content (AvgIpc) is 3.83. The first-order valence-corrected chi connectivity index (χ1v) is 25.8. The first-order chi connectivity index (χ1) is 30.0. The van der Waals surface area contributed by atoms with Gasteiger partial charge in [0.15, 0.2) is 5.78 Å². The van der Waals surface area contributed by atoms with E-state index in [1.807, 2.05) is 0 Å². The molecule has 6 atom stereocenters. The number of likely N-dealkylation sites (N-methyl/N-ethyl adjacent to an activating group) is 1. The monoisotopic (exact) mass is 907 g/mol. The quantitative estimate of drug-likeness (QED) is 0.324. The summed E-state index contributed by atoms with van der Waals surface area (Å²) in [5.41, 5.74) is -0.134. The van der Waals surface area contributed by atoms with Crippen molar-refractivity contribution in [3.8, 4) is 0 Å². The summed E-state index contributed by atoms with van der Waals surface area (Å²) in [5.74, 6) is 0.445. The van der Waals surface area contributed by atoms with Gasteiger partial charge in [0, 0.05) is 166 Å². The Morgan fingerprint density at radius 2 is 1.03 bits per heavy atom. The van der Waals surface area contributed by atoms with E-state index < -0.39 is 0 Å². The number of carbonyl (C=O) groups excluding carboxylic acids is 1. The number of aliphatic hydroxyl groups excluding tert-OH is 1. The van der Waals surface area contributed by atoms with Gasteiger partial charge in [0.25, 0.3) is 0 Å². The number of nitrogens with one attached hydrogen (secondary N) is 3. The van der Waals surface area contributed by atoms with E-state index in [9.17, 15) is 9.90 Å². The molecule has 4 N–H and O–H groups in total. The lowest BCUT2D eigenvalue weighted by molar-refractivity contribution is -0.124. The van der Waals surface area contributed by atoms with Crippen LogP contribution in [0.15, 0.2) is 0 Å². The summed E-state index contributed by atoms with van der Waals surface area (Å²) in [6.45, 7) is 43.4. The van der Waals surface area contributed by atoms with Crippen LogP contribution in [0.5, 0.6) is 0 Å². The third kappa shape index (κ3) is 16.7. The molecule has 9 saturated heterocycles. The number of aliphatic hydroxyl groups is 1. The van der Waals surface area contributed by atoms with Gasteiger partial charge in [-0.15, -0.1) is 0 Å². The zero-order valence-electron chi connectivity index (χ0n) is 42.3. The third-order valence-corrected chi connectivity index (χ3v) is 15.7.